The van der Waals surface area contributed by atoms with Crippen LogP contribution in [0.3, 0.4) is 0 Å². The molecule has 0 bridgehead atoms. The Hall–Kier alpha value is -1.66. The van der Waals surface area contributed by atoms with Gasteiger partial charge >= 0.3 is 5.97 Å². The van der Waals surface area contributed by atoms with E-state index in [2.05, 4.69) is 21.0 Å². The number of carboxylic acid groups (broad SMARTS) is 1. The number of aryl methyl sites for hydroxylation is 2. The summed E-state index contributed by atoms with van der Waals surface area (Å²) in [7, 11) is 0. The van der Waals surface area contributed by atoms with Crippen molar-refractivity contribution in [2.75, 3.05) is 6.61 Å². The topological polar surface area (TPSA) is 75.4 Å². The second-order valence-electron chi connectivity index (χ2n) is 4.51. The number of hydrogen-bond acceptors (Lipinski definition) is 3. The van der Waals surface area contributed by atoms with E-state index < -0.39 is 5.97 Å². The van der Waals surface area contributed by atoms with Crippen LogP contribution < -0.4 is 0 Å². The van der Waals surface area contributed by atoms with Crippen LogP contribution in [0.15, 0.2) is 28.9 Å². The van der Waals surface area contributed by atoms with E-state index in [0.29, 0.717) is 18.4 Å². The molecule has 5 nitrogen and oxygen atoms in total. The molecule has 0 saturated heterocycles. The fraction of sp³-hybridized carbons (Fsp3) is 0.286. The summed E-state index contributed by atoms with van der Waals surface area (Å²) in [5, 5.41) is 22.2. The molecule has 0 fully saturated rings. The minimum atomic E-state index is -1.05. The summed E-state index contributed by atoms with van der Waals surface area (Å²) in [6.45, 7) is 2.01. The van der Waals surface area contributed by atoms with Crippen molar-refractivity contribution in [2.24, 2.45) is 0 Å². The van der Waals surface area contributed by atoms with Crippen molar-refractivity contribution in [1.29, 1.82) is 0 Å². The molecule has 0 spiro atoms. The first kappa shape index (κ1) is 14.7. The van der Waals surface area contributed by atoms with Gasteiger partial charge in [0.25, 0.3) is 0 Å². The number of rotatable bonds is 5. The minimum Gasteiger partial charge on any atom is -0.476 e. The lowest BCUT2D eigenvalue weighted by atomic mass is 10.1. The van der Waals surface area contributed by atoms with Gasteiger partial charge in [0.05, 0.1) is 5.69 Å². The number of benzene rings is 1. The highest BCUT2D eigenvalue weighted by Gasteiger charge is 2.16. The number of aromatic nitrogens is 2. The Morgan fingerprint density at radius 1 is 1.45 bits per heavy atom. The second kappa shape index (κ2) is 6.19. The smallest absolute Gasteiger partial charge is 0.356 e. The van der Waals surface area contributed by atoms with Gasteiger partial charge in [-0.1, -0.05) is 22.0 Å². The Morgan fingerprint density at radius 3 is 2.80 bits per heavy atom. The fourth-order valence-corrected chi connectivity index (χ4v) is 2.27. The fourth-order valence-electron chi connectivity index (χ4n) is 1.90. The van der Waals surface area contributed by atoms with Crippen LogP contribution in [0.25, 0.3) is 5.69 Å². The number of carboxylic acids is 1. The van der Waals surface area contributed by atoms with Crippen LogP contribution in [0, 0.1) is 6.92 Å². The van der Waals surface area contributed by atoms with Crippen LogP contribution in [0.4, 0.5) is 0 Å². The lowest BCUT2D eigenvalue weighted by Crippen LogP contribution is -2.03. The lowest BCUT2D eigenvalue weighted by molar-refractivity contribution is 0.0688. The molecular formula is C14H15BrN2O3. The van der Waals surface area contributed by atoms with E-state index >= 15 is 0 Å². The molecule has 20 heavy (non-hydrogen) atoms. The Bertz CT molecular complexity index is 637. The van der Waals surface area contributed by atoms with Crippen LogP contribution in [0.5, 0.6) is 0 Å². The molecule has 6 heteroatoms. The molecule has 1 heterocycles. The molecular weight excluding hydrogens is 324 g/mol. The lowest BCUT2D eigenvalue weighted by Gasteiger charge is -2.03. The number of carbonyl (C=O) groups is 1. The normalized spacial score (nSPS) is 10.8. The summed E-state index contributed by atoms with van der Waals surface area (Å²) < 4.78 is 2.50. The van der Waals surface area contributed by atoms with E-state index in [1.54, 1.807) is 10.9 Å². The SMILES string of the molecule is Cc1ccc(-n2cc(CCCO)c(C(=O)O)n2)cc1Br. The second-order valence-corrected chi connectivity index (χ2v) is 5.37. The van der Waals surface area contributed by atoms with Crippen LogP contribution in [-0.2, 0) is 6.42 Å². The number of aliphatic hydroxyl groups excluding tert-OH is 1. The zero-order valence-corrected chi connectivity index (χ0v) is 12.6. The number of nitrogens with zero attached hydrogens (tertiary/aromatic N) is 2. The van der Waals surface area contributed by atoms with Crippen molar-refractivity contribution < 1.29 is 15.0 Å². The van der Waals surface area contributed by atoms with Crippen molar-refractivity contribution in [1.82, 2.24) is 9.78 Å². The monoisotopic (exact) mass is 338 g/mol. The predicted octanol–water partition coefficient (Wildman–Crippen LogP) is 2.57. The van der Waals surface area contributed by atoms with Gasteiger partial charge in [-0.2, -0.15) is 5.10 Å². The molecule has 2 aromatic rings. The van der Waals surface area contributed by atoms with Gasteiger partial charge in [0.1, 0.15) is 0 Å². The van der Waals surface area contributed by atoms with E-state index in [1.165, 1.54) is 0 Å². The van der Waals surface area contributed by atoms with Gasteiger partial charge in [0, 0.05) is 22.8 Å². The third-order valence-electron chi connectivity index (χ3n) is 3.02. The maximum atomic E-state index is 11.2. The average molecular weight is 339 g/mol. The summed E-state index contributed by atoms with van der Waals surface area (Å²) in [5.74, 6) is -1.05. The summed E-state index contributed by atoms with van der Waals surface area (Å²) in [6, 6.07) is 5.72. The van der Waals surface area contributed by atoms with Gasteiger partial charge in [-0.25, -0.2) is 9.48 Å². The largest absolute Gasteiger partial charge is 0.476 e. The maximum absolute atomic E-state index is 11.2. The van der Waals surface area contributed by atoms with Crippen molar-refractivity contribution >= 4 is 21.9 Å². The van der Waals surface area contributed by atoms with Crippen molar-refractivity contribution in [3.63, 3.8) is 0 Å². The Morgan fingerprint density at radius 2 is 2.20 bits per heavy atom. The molecule has 1 aromatic carbocycles. The van der Waals surface area contributed by atoms with Gasteiger partial charge in [-0.05, 0) is 37.5 Å². The first-order valence-corrected chi connectivity index (χ1v) is 7.01. The molecule has 1 aromatic heterocycles. The average Bonchev–Trinajstić information content (AvgIpc) is 2.84. The van der Waals surface area contributed by atoms with Gasteiger partial charge in [0.2, 0.25) is 0 Å². The van der Waals surface area contributed by atoms with Crippen molar-refractivity contribution in [2.45, 2.75) is 19.8 Å². The van der Waals surface area contributed by atoms with Crippen molar-refractivity contribution in [3.8, 4) is 5.69 Å². The molecule has 0 aliphatic rings. The predicted molar refractivity (Wildman–Crippen MR) is 78.4 cm³/mol. The highest BCUT2D eigenvalue weighted by atomic mass is 79.9. The summed E-state index contributed by atoms with van der Waals surface area (Å²) in [4.78, 5) is 11.2. The van der Waals surface area contributed by atoms with E-state index in [9.17, 15) is 9.90 Å². The molecule has 0 unspecified atom stereocenters. The summed E-state index contributed by atoms with van der Waals surface area (Å²) >= 11 is 3.45. The van der Waals surface area contributed by atoms with Crippen LogP contribution in [-0.4, -0.2) is 32.6 Å². The zero-order chi connectivity index (χ0) is 14.7. The zero-order valence-electron chi connectivity index (χ0n) is 11.0. The maximum Gasteiger partial charge on any atom is 0.356 e. The van der Waals surface area contributed by atoms with Gasteiger partial charge < -0.3 is 10.2 Å². The van der Waals surface area contributed by atoms with E-state index in [-0.39, 0.29) is 12.3 Å². The number of aliphatic hydroxyl groups is 1. The molecule has 0 amide bonds. The molecule has 0 aliphatic carbocycles. The highest BCUT2D eigenvalue weighted by molar-refractivity contribution is 9.10. The Balaban J connectivity index is 2.41. The molecule has 0 atom stereocenters. The van der Waals surface area contributed by atoms with E-state index in [0.717, 1.165) is 15.7 Å². The van der Waals surface area contributed by atoms with Crippen LogP contribution in [0.1, 0.15) is 28.0 Å². The first-order chi connectivity index (χ1) is 9.52. The summed E-state index contributed by atoms with van der Waals surface area (Å²) in [5.41, 5.74) is 2.55. The molecule has 0 aliphatic heterocycles. The van der Waals surface area contributed by atoms with Gasteiger partial charge in [-0.3, -0.25) is 0 Å². The van der Waals surface area contributed by atoms with Crippen molar-refractivity contribution in [3.05, 3.63) is 45.7 Å². The Labute approximate surface area is 125 Å². The molecule has 2 N–H and O–H groups in total. The van der Waals surface area contributed by atoms with E-state index in [1.807, 2.05) is 25.1 Å². The molecule has 2 rings (SSSR count). The molecule has 0 saturated carbocycles. The van der Waals surface area contributed by atoms with E-state index in [4.69, 9.17) is 5.11 Å². The summed E-state index contributed by atoms with van der Waals surface area (Å²) in [6.07, 6.45) is 2.71. The van der Waals surface area contributed by atoms with Gasteiger partial charge in [0.15, 0.2) is 5.69 Å². The van der Waals surface area contributed by atoms with Crippen LogP contribution in [0.2, 0.25) is 0 Å². The number of aromatic carboxylic acids is 1. The highest BCUT2D eigenvalue weighted by Crippen LogP contribution is 2.21. The van der Waals surface area contributed by atoms with Crippen LogP contribution >= 0.6 is 15.9 Å². The Kier molecular flexibility index (Phi) is 4.57. The number of hydrogen-bond donors (Lipinski definition) is 2. The van der Waals surface area contributed by atoms with Gasteiger partial charge in [-0.15, -0.1) is 0 Å². The third kappa shape index (κ3) is 3.08. The standard InChI is InChI=1S/C14H15BrN2O3/c1-9-4-5-11(7-12(9)15)17-8-10(3-2-6-18)13(16-17)14(19)20/h4-5,7-8,18H,2-3,6H2,1H3,(H,19,20). The quantitative estimate of drug-likeness (QED) is 0.878. The minimum absolute atomic E-state index is 0.0281. The molecule has 0 radical (unpaired) electrons. The molecule has 106 valence electrons. The third-order valence-corrected chi connectivity index (χ3v) is 3.87. The number of halogens is 1. The first-order valence-electron chi connectivity index (χ1n) is 6.22.